The Hall–Kier alpha value is -2.25. The van der Waals surface area contributed by atoms with Crippen molar-refractivity contribution in [1.29, 1.82) is 0 Å². The highest BCUT2D eigenvalue weighted by Crippen LogP contribution is 2.36. The minimum atomic E-state index is -0.0673. The standard InChI is InChI=1S/C20H24N4O3/c25-19(21-9-15-5-7-20(27-15)11-26-12-20)24-8-6-14(10-24)18-16-3-1-2-4-17(16)22-13-23-18/h1-4,13-15H,5-12H2,(H,21,25). The van der Waals surface area contributed by atoms with Gasteiger partial charge in [-0.1, -0.05) is 18.2 Å². The Bertz CT molecular complexity index is 849. The van der Waals surface area contributed by atoms with Crippen molar-refractivity contribution >= 4 is 16.9 Å². The van der Waals surface area contributed by atoms with Gasteiger partial charge in [-0.3, -0.25) is 0 Å². The van der Waals surface area contributed by atoms with E-state index < -0.39 is 0 Å². The Morgan fingerprint density at radius 3 is 2.96 bits per heavy atom. The zero-order chi connectivity index (χ0) is 18.3. The van der Waals surface area contributed by atoms with Gasteiger partial charge < -0.3 is 19.7 Å². The summed E-state index contributed by atoms with van der Waals surface area (Å²) in [6.07, 6.45) is 4.66. The first-order valence-corrected chi connectivity index (χ1v) is 9.70. The number of urea groups is 1. The molecule has 27 heavy (non-hydrogen) atoms. The van der Waals surface area contributed by atoms with E-state index in [0.29, 0.717) is 26.3 Å². The first-order valence-electron chi connectivity index (χ1n) is 9.70. The number of aromatic nitrogens is 2. The Balaban J connectivity index is 1.18. The van der Waals surface area contributed by atoms with Crippen molar-refractivity contribution in [2.45, 2.75) is 36.9 Å². The number of fused-ring (bicyclic) bond motifs is 1. The second-order valence-corrected chi connectivity index (χ2v) is 7.85. The molecule has 1 aromatic heterocycles. The van der Waals surface area contributed by atoms with Crippen molar-refractivity contribution in [2.24, 2.45) is 0 Å². The van der Waals surface area contributed by atoms with Crippen molar-refractivity contribution < 1.29 is 14.3 Å². The Morgan fingerprint density at radius 1 is 1.26 bits per heavy atom. The van der Waals surface area contributed by atoms with Crippen LogP contribution in [0.25, 0.3) is 10.9 Å². The molecule has 0 saturated carbocycles. The molecule has 1 N–H and O–H groups in total. The van der Waals surface area contributed by atoms with Gasteiger partial charge in [0, 0.05) is 30.9 Å². The maximum Gasteiger partial charge on any atom is 0.317 e. The Labute approximate surface area is 158 Å². The highest BCUT2D eigenvalue weighted by Gasteiger charge is 2.46. The molecule has 0 radical (unpaired) electrons. The number of rotatable bonds is 3. The van der Waals surface area contributed by atoms with Crippen LogP contribution in [-0.2, 0) is 9.47 Å². The van der Waals surface area contributed by atoms with Crippen molar-refractivity contribution in [1.82, 2.24) is 20.2 Å². The SMILES string of the molecule is O=C(NCC1CCC2(COC2)O1)N1CCC(c2ncnc3ccccc23)C1. The molecule has 3 saturated heterocycles. The van der Waals surface area contributed by atoms with Gasteiger partial charge in [0.2, 0.25) is 0 Å². The second kappa shape index (κ2) is 6.73. The average Bonchev–Trinajstić information content (AvgIpc) is 3.33. The van der Waals surface area contributed by atoms with Gasteiger partial charge >= 0.3 is 6.03 Å². The third kappa shape index (κ3) is 3.15. The van der Waals surface area contributed by atoms with E-state index in [1.54, 1.807) is 6.33 Å². The fraction of sp³-hybridized carbons (Fsp3) is 0.550. The lowest BCUT2D eigenvalue weighted by Crippen LogP contribution is -2.50. The molecule has 7 heteroatoms. The molecular formula is C20H24N4O3. The van der Waals surface area contributed by atoms with Gasteiger partial charge in [0.15, 0.2) is 0 Å². The van der Waals surface area contributed by atoms with E-state index >= 15 is 0 Å². The molecule has 142 valence electrons. The summed E-state index contributed by atoms with van der Waals surface area (Å²) >= 11 is 0. The number of amides is 2. The third-order valence-electron chi connectivity index (χ3n) is 5.99. The third-order valence-corrected chi connectivity index (χ3v) is 5.99. The normalized spacial score (nSPS) is 26.4. The number of ether oxygens (including phenoxy) is 2. The van der Waals surface area contributed by atoms with Crippen LogP contribution in [0.1, 0.15) is 30.9 Å². The smallest absolute Gasteiger partial charge is 0.317 e. The number of carbonyl (C=O) groups is 1. The minimum Gasteiger partial charge on any atom is -0.375 e. The van der Waals surface area contributed by atoms with Gasteiger partial charge in [-0.05, 0) is 25.3 Å². The quantitative estimate of drug-likeness (QED) is 0.898. The van der Waals surface area contributed by atoms with Crippen LogP contribution < -0.4 is 5.32 Å². The van der Waals surface area contributed by atoms with Crippen molar-refractivity contribution in [3.05, 3.63) is 36.3 Å². The van der Waals surface area contributed by atoms with Crippen LogP contribution in [-0.4, -0.2) is 65.5 Å². The molecule has 1 aromatic carbocycles. The Kier molecular flexibility index (Phi) is 4.21. The number of para-hydroxylation sites is 1. The van der Waals surface area contributed by atoms with Gasteiger partial charge in [-0.15, -0.1) is 0 Å². The topological polar surface area (TPSA) is 76.6 Å². The van der Waals surface area contributed by atoms with Crippen LogP contribution in [0.5, 0.6) is 0 Å². The van der Waals surface area contributed by atoms with E-state index in [9.17, 15) is 4.79 Å². The molecule has 3 aliphatic heterocycles. The summed E-state index contributed by atoms with van der Waals surface area (Å²) in [5, 5.41) is 4.13. The van der Waals surface area contributed by atoms with E-state index in [1.165, 1.54) is 0 Å². The number of nitrogens with zero attached hydrogens (tertiary/aromatic N) is 3. The average molecular weight is 368 g/mol. The lowest BCUT2D eigenvalue weighted by molar-refractivity contribution is -0.199. The van der Waals surface area contributed by atoms with Crippen molar-refractivity contribution in [3.63, 3.8) is 0 Å². The van der Waals surface area contributed by atoms with E-state index in [0.717, 1.165) is 42.4 Å². The minimum absolute atomic E-state index is 0.00901. The zero-order valence-electron chi connectivity index (χ0n) is 15.3. The van der Waals surface area contributed by atoms with E-state index in [1.807, 2.05) is 23.1 Å². The molecule has 2 atom stereocenters. The molecule has 5 rings (SSSR count). The summed E-state index contributed by atoms with van der Waals surface area (Å²) in [5.74, 6) is 0.252. The highest BCUT2D eigenvalue weighted by atomic mass is 16.6. The molecule has 3 aliphatic rings. The van der Waals surface area contributed by atoms with Crippen LogP contribution in [0, 0.1) is 0 Å². The van der Waals surface area contributed by atoms with Gasteiger partial charge in [-0.25, -0.2) is 14.8 Å². The predicted molar refractivity (Wildman–Crippen MR) is 99.5 cm³/mol. The van der Waals surface area contributed by atoms with Crippen LogP contribution >= 0.6 is 0 Å². The number of likely N-dealkylation sites (tertiary alicyclic amines) is 1. The highest BCUT2D eigenvalue weighted by molar-refractivity contribution is 5.81. The molecule has 7 nitrogen and oxygen atoms in total. The summed E-state index contributed by atoms with van der Waals surface area (Å²) in [6.45, 7) is 3.39. The maximum absolute atomic E-state index is 12.6. The molecule has 2 aromatic rings. The largest absolute Gasteiger partial charge is 0.375 e. The van der Waals surface area contributed by atoms with Crippen LogP contribution in [0.15, 0.2) is 30.6 Å². The van der Waals surface area contributed by atoms with Crippen LogP contribution in [0.3, 0.4) is 0 Å². The second-order valence-electron chi connectivity index (χ2n) is 7.85. The predicted octanol–water partition coefficient (Wildman–Crippen LogP) is 2.08. The fourth-order valence-corrected chi connectivity index (χ4v) is 4.41. The molecule has 2 amide bonds. The van der Waals surface area contributed by atoms with Crippen molar-refractivity contribution in [3.8, 4) is 0 Å². The fourth-order valence-electron chi connectivity index (χ4n) is 4.41. The number of carbonyl (C=O) groups excluding carboxylic acids is 1. The van der Waals surface area contributed by atoms with E-state index in [2.05, 4.69) is 21.4 Å². The lowest BCUT2D eigenvalue weighted by Gasteiger charge is -2.37. The molecular weight excluding hydrogens is 344 g/mol. The summed E-state index contributed by atoms with van der Waals surface area (Å²) < 4.78 is 11.3. The van der Waals surface area contributed by atoms with Crippen LogP contribution in [0.2, 0.25) is 0 Å². The van der Waals surface area contributed by atoms with E-state index in [4.69, 9.17) is 9.47 Å². The molecule has 4 heterocycles. The number of hydrogen-bond acceptors (Lipinski definition) is 5. The van der Waals surface area contributed by atoms with Crippen molar-refractivity contribution in [2.75, 3.05) is 32.8 Å². The van der Waals surface area contributed by atoms with Crippen LogP contribution in [0.4, 0.5) is 4.79 Å². The first-order chi connectivity index (χ1) is 13.2. The van der Waals surface area contributed by atoms with E-state index in [-0.39, 0.29) is 23.7 Å². The van der Waals surface area contributed by atoms with Gasteiger partial charge in [0.25, 0.3) is 0 Å². The molecule has 0 aliphatic carbocycles. The lowest BCUT2D eigenvalue weighted by atomic mass is 9.98. The monoisotopic (exact) mass is 368 g/mol. The molecule has 3 fully saturated rings. The van der Waals surface area contributed by atoms with Gasteiger partial charge in [-0.2, -0.15) is 0 Å². The summed E-state index contributed by atoms with van der Waals surface area (Å²) in [6, 6.07) is 8.05. The number of hydrogen-bond donors (Lipinski definition) is 1. The molecule has 1 spiro atoms. The first kappa shape index (κ1) is 16.9. The number of nitrogens with one attached hydrogen (secondary N) is 1. The molecule has 2 unspecified atom stereocenters. The van der Waals surface area contributed by atoms with Gasteiger partial charge in [0.05, 0.1) is 30.5 Å². The Morgan fingerprint density at radius 2 is 2.15 bits per heavy atom. The zero-order valence-corrected chi connectivity index (χ0v) is 15.3. The maximum atomic E-state index is 12.6. The summed E-state index contributed by atoms with van der Waals surface area (Å²) in [4.78, 5) is 23.3. The summed E-state index contributed by atoms with van der Waals surface area (Å²) in [5.41, 5.74) is 1.93. The van der Waals surface area contributed by atoms with Gasteiger partial charge in [0.1, 0.15) is 11.9 Å². The summed E-state index contributed by atoms with van der Waals surface area (Å²) in [7, 11) is 0. The molecule has 0 bridgehead atoms. The number of benzene rings is 1.